The van der Waals surface area contributed by atoms with Crippen LogP contribution in [0.2, 0.25) is 0 Å². The maximum absolute atomic E-state index is 2.12. The Morgan fingerprint density at radius 2 is 1.36 bits per heavy atom. The largest absolute Gasteiger partial charge is 0.0767 e. The van der Waals surface area contributed by atoms with Gasteiger partial charge in [-0.3, -0.25) is 0 Å². The summed E-state index contributed by atoms with van der Waals surface area (Å²) in [5.74, 6) is 0. The summed E-state index contributed by atoms with van der Waals surface area (Å²) in [6.07, 6.45) is 16.3. The number of hydrogen-bond donors (Lipinski definition) is 0. The smallest absolute Gasteiger partial charge is 0.0131 e. The van der Waals surface area contributed by atoms with Gasteiger partial charge in [-0.25, -0.2) is 0 Å². The van der Waals surface area contributed by atoms with Crippen LogP contribution in [-0.2, 0) is 0 Å². The third-order valence-corrected chi connectivity index (χ3v) is 2.10. The molecule has 0 nitrogen and oxygen atoms in total. The van der Waals surface area contributed by atoms with Crippen LogP contribution in [0, 0.1) is 12.8 Å². The Labute approximate surface area is 85.3 Å². The molecule has 1 aromatic carbocycles. The van der Waals surface area contributed by atoms with Crippen LogP contribution < -0.4 is 0 Å². The number of fused-ring (bicyclic) bond motifs is 1. The van der Waals surface area contributed by atoms with Gasteiger partial charge in [-0.15, -0.1) is 0 Å². The van der Waals surface area contributed by atoms with Crippen LogP contribution in [0.3, 0.4) is 0 Å². The summed E-state index contributed by atoms with van der Waals surface area (Å²) in [5, 5.41) is 0. The summed E-state index contributed by atoms with van der Waals surface area (Å²) in [6, 6.07) is 8.36. The maximum atomic E-state index is 2.12. The van der Waals surface area contributed by atoms with E-state index in [9.17, 15) is 0 Å². The topological polar surface area (TPSA) is 0 Å². The second-order valence-electron chi connectivity index (χ2n) is 3.12. The van der Waals surface area contributed by atoms with Crippen molar-refractivity contribution in [2.45, 2.75) is 0 Å². The lowest BCUT2D eigenvalue weighted by Crippen LogP contribution is -1.74. The molecule has 0 heterocycles. The highest BCUT2D eigenvalue weighted by molar-refractivity contribution is 5.64. The van der Waals surface area contributed by atoms with Crippen LogP contribution in [0.1, 0.15) is 11.1 Å². The van der Waals surface area contributed by atoms with E-state index < -0.39 is 0 Å². The van der Waals surface area contributed by atoms with E-state index in [1.807, 2.05) is 30.7 Å². The molecule has 14 heavy (non-hydrogen) atoms. The number of hydrogen-bond acceptors (Lipinski definition) is 0. The Bertz CT molecular complexity index is 371. The van der Waals surface area contributed by atoms with Crippen LogP contribution in [0.15, 0.2) is 54.6 Å². The second kappa shape index (κ2) is 4.61. The monoisotopic (exact) mass is 180 g/mol. The van der Waals surface area contributed by atoms with Crippen molar-refractivity contribution in [1.82, 2.24) is 0 Å². The fourth-order valence-electron chi connectivity index (χ4n) is 1.39. The molecule has 0 fully saturated rings. The van der Waals surface area contributed by atoms with E-state index in [-0.39, 0.29) is 0 Å². The first-order valence-electron chi connectivity index (χ1n) is 4.74. The number of allylic oxidation sites excluding steroid dienone is 5. The van der Waals surface area contributed by atoms with Crippen molar-refractivity contribution >= 4 is 6.08 Å². The molecule has 0 aromatic heterocycles. The minimum Gasteiger partial charge on any atom is -0.0767 e. The summed E-state index contributed by atoms with van der Waals surface area (Å²) >= 11 is 0. The highest BCUT2D eigenvalue weighted by atomic mass is 14.0. The summed E-state index contributed by atoms with van der Waals surface area (Å²) < 4.78 is 0. The molecule has 0 heteroatoms. The molecule has 0 atom stereocenters. The summed E-state index contributed by atoms with van der Waals surface area (Å²) in [7, 11) is 0. The minimum absolute atomic E-state index is 1.33. The van der Waals surface area contributed by atoms with Gasteiger partial charge in [0.2, 0.25) is 0 Å². The minimum atomic E-state index is 1.33. The molecule has 3 rings (SSSR count). The first-order valence-corrected chi connectivity index (χ1v) is 4.74. The molecule has 0 N–H and O–H groups in total. The van der Waals surface area contributed by atoms with Gasteiger partial charge in [-0.05, 0) is 11.1 Å². The van der Waals surface area contributed by atoms with Gasteiger partial charge < -0.3 is 0 Å². The zero-order chi connectivity index (χ0) is 9.64. The molecule has 0 amide bonds. The van der Waals surface area contributed by atoms with Crippen LogP contribution in [0.25, 0.3) is 6.08 Å². The molecule has 0 spiro atoms. The maximum Gasteiger partial charge on any atom is 0.0131 e. The van der Waals surface area contributed by atoms with Crippen molar-refractivity contribution in [3.63, 3.8) is 0 Å². The Balaban J connectivity index is 0.000000128. The molecule has 2 radical (unpaired) electrons. The van der Waals surface area contributed by atoms with Gasteiger partial charge in [0, 0.05) is 12.8 Å². The third kappa shape index (κ3) is 2.23. The average molecular weight is 180 g/mol. The zero-order valence-electron chi connectivity index (χ0n) is 7.93. The Morgan fingerprint density at radius 1 is 0.643 bits per heavy atom. The Hall–Kier alpha value is -1.56. The van der Waals surface area contributed by atoms with Crippen LogP contribution in [0.5, 0.6) is 0 Å². The Morgan fingerprint density at radius 3 is 1.93 bits per heavy atom. The molecule has 0 saturated carbocycles. The fraction of sp³-hybridized carbons (Fsp3) is 0. The fourth-order valence-corrected chi connectivity index (χ4v) is 1.39. The van der Waals surface area contributed by atoms with Crippen molar-refractivity contribution in [1.29, 1.82) is 0 Å². The van der Waals surface area contributed by atoms with Gasteiger partial charge in [0.15, 0.2) is 0 Å². The summed E-state index contributed by atoms with van der Waals surface area (Å²) in [4.78, 5) is 0. The van der Waals surface area contributed by atoms with Crippen LogP contribution >= 0.6 is 0 Å². The number of benzene rings is 1. The van der Waals surface area contributed by atoms with E-state index in [0.29, 0.717) is 0 Å². The third-order valence-electron chi connectivity index (χ3n) is 2.10. The quantitative estimate of drug-likeness (QED) is 0.572. The predicted molar refractivity (Wildman–Crippen MR) is 61.5 cm³/mol. The molecule has 0 bridgehead atoms. The molecule has 0 aliphatic heterocycles. The molecular formula is C14H12. The first-order chi connectivity index (χ1) is 6.97. The van der Waals surface area contributed by atoms with Crippen LogP contribution in [-0.4, -0.2) is 0 Å². The SMILES string of the molecule is [CH]1C=CC=C1.[CH]1C=Cc2ccccc21. The van der Waals surface area contributed by atoms with E-state index in [1.54, 1.807) is 0 Å². The normalized spacial score (nSPS) is 15.1. The van der Waals surface area contributed by atoms with Gasteiger partial charge in [0.05, 0.1) is 0 Å². The second-order valence-corrected chi connectivity index (χ2v) is 3.12. The average Bonchev–Trinajstić information content (AvgIpc) is 2.92. The van der Waals surface area contributed by atoms with Gasteiger partial charge >= 0.3 is 0 Å². The molecule has 2 aliphatic carbocycles. The van der Waals surface area contributed by atoms with Crippen molar-refractivity contribution in [2.75, 3.05) is 0 Å². The van der Waals surface area contributed by atoms with E-state index in [4.69, 9.17) is 0 Å². The summed E-state index contributed by atoms with van der Waals surface area (Å²) in [5.41, 5.74) is 2.66. The van der Waals surface area contributed by atoms with E-state index in [0.717, 1.165) is 0 Å². The molecule has 1 aromatic rings. The van der Waals surface area contributed by atoms with Gasteiger partial charge in [-0.2, -0.15) is 0 Å². The zero-order valence-corrected chi connectivity index (χ0v) is 7.93. The van der Waals surface area contributed by atoms with Crippen molar-refractivity contribution in [3.05, 3.63) is 78.6 Å². The predicted octanol–water partition coefficient (Wildman–Crippen LogP) is 3.58. The molecule has 2 aliphatic rings. The van der Waals surface area contributed by atoms with Gasteiger partial charge in [0.25, 0.3) is 0 Å². The highest BCUT2D eigenvalue weighted by Gasteiger charge is 2.00. The molecule has 0 saturated heterocycles. The van der Waals surface area contributed by atoms with Gasteiger partial charge in [-0.1, -0.05) is 60.7 Å². The Kier molecular flexibility index (Phi) is 2.97. The van der Waals surface area contributed by atoms with E-state index >= 15 is 0 Å². The van der Waals surface area contributed by atoms with Crippen molar-refractivity contribution < 1.29 is 0 Å². The highest BCUT2D eigenvalue weighted by Crippen LogP contribution is 2.19. The lowest BCUT2D eigenvalue weighted by molar-refractivity contribution is 1.55. The van der Waals surface area contributed by atoms with Crippen molar-refractivity contribution in [3.8, 4) is 0 Å². The molecular weight excluding hydrogens is 168 g/mol. The van der Waals surface area contributed by atoms with Crippen molar-refractivity contribution in [2.24, 2.45) is 0 Å². The van der Waals surface area contributed by atoms with Crippen LogP contribution in [0.4, 0.5) is 0 Å². The summed E-state index contributed by atoms with van der Waals surface area (Å²) in [6.45, 7) is 0. The first kappa shape index (κ1) is 9.01. The lowest BCUT2D eigenvalue weighted by atomic mass is 10.1. The molecule has 68 valence electrons. The lowest BCUT2D eigenvalue weighted by Gasteiger charge is -1.92. The molecule has 0 unspecified atom stereocenters. The van der Waals surface area contributed by atoms with Gasteiger partial charge in [0.1, 0.15) is 0 Å². The standard InChI is InChI=1S/C9H7.C5H5/c1-2-5-9-7-3-6-8(9)4-1;1-2-4-5-3-1/h1-7H;1-5H. The van der Waals surface area contributed by atoms with E-state index in [1.165, 1.54) is 11.1 Å². The van der Waals surface area contributed by atoms with E-state index in [2.05, 4.69) is 42.8 Å². The number of rotatable bonds is 0.